The second-order valence-corrected chi connectivity index (χ2v) is 6.05. The molecule has 28 heavy (non-hydrogen) atoms. The average Bonchev–Trinajstić information content (AvgIpc) is 3.11. The number of urea groups is 1. The van der Waals surface area contributed by atoms with E-state index in [9.17, 15) is 9.18 Å². The van der Waals surface area contributed by atoms with Gasteiger partial charge in [-0.1, -0.05) is 17.7 Å². The van der Waals surface area contributed by atoms with Gasteiger partial charge < -0.3 is 14.8 Å². The van der Waals surface area contributed by atoms with E-state index in [0.29, 0.717) is 22.7 Å². The lowest BCUT2D eigenvalue weighted by atomic mass is 10.2. The van der Waals surface area contributed by atoms with Crippen LogP contribution < -0.4 is 20.1 Å². The molecule has 146 valence electrons. The molecule has 2 amide bonds. The van der Waals surface area contributed by atoms with Crippen molar-refractivity contribution in [3.8, 4) is 11.5 Å². The van der Waals surface area contributed by atoms with Crippen molar-refractivity contribution in [2.75, 3.05) is 24.9 Å². The summed E-state index contributed by atoms with van der Waals surface area (Å²) < 4.78 is 24.9. The second kappa shape index (κ2) is 8.57. The zero-order valence-corrected chi connectivity index (χ0v) is 15.8. The highest BCUT2D eigenvalue weighted by atomic mass is 35.5. The fourth-order valence-electron chi connectivity index (χ4n) is 2.41. The molecule has 3 aromatic rings. The number of aromatic nitrogens is 3. The number of amides is 2. The molecule has 0 atom stereocenters. The first kappa shape index (κ1) is 19.4. The number of anilines is 2. The molecule has 10 heteroatoms. The van der Waals surface area contributed by atoms with Crippen LogP contribution in [0.15, 0.2) is 42.7 Å². The molecule has 0 bridgehead atoms. The number of methoxy groups -OCH3 is 2. The van der Waals surface area contributed by atoms with E-state index in [2.05, 4.69) is 20.7 Å². The van der Waals surface area contributed by atoms with Crippen LogP contribution in [0.2, 0.25) is 5.02 Å². The summed E-state index contributed by atoms with van der Waals surface area (Å²) in [5.74, 6) is 0.727. The molecule has 2 N–H and O–H groups in total. The van der Waals surface area contributed by atoms with Crippen LogP contribution in [-0.2, 0) is 6.54 Å². The van der Waals surface area contributed by atoms with Crippen molar-refractivity contribution in [2.24, 2.45) is 0 Å². The average molecular weight is 406 g/mol. The number of hydrogen-bond acceptors (Lipinski definition) is 5. The minimum absolute atomic E-state index is 0.100. The maximum atomic E-state index is 13.1. The van der Waals surface area contributed by atoms with Crippen molar-refractivity contribution < 1.29 is 18.7 Å². The molecule has 0 spiro atoms. The topological polar surface area (TPSA) is 90.3 Å². The van der Waals surface area contributed by atoms with E-state index in [1.165, 1.54) is 37.4 Å². The standard InChI is InChI=1S/C18H17ClFN5O3/c1-27-13-5-6-15(16(8-13)28-2)22-18(26)23-17-21-10-25(24-17)9-11-3-4-12(20)7-14(11)19/h3-8,10H,9H2,1-2H3,(H2,22,23,24,26). The van der Waals surface area contributed by atoms with Gasteiger partial charge in [0.05, 0.1) is 26.5 Å². The first-order valence-electron chi connectivity index (χ1n) is 8.12. The van der Waals surface area contributed by atoms with Crippen molar-refractivity contribution in [2.45, 2.75) is 6.54 Å². The number of benzene rings is 2. The summed E-state index contributed by atoms with van der Waals surface area (Å²) in [6.07, 6.45) is 1.43. The lowest BCUT2D eigenvalue weighted by molar-refractivity contribution is 0.262. The minimum Gasteiger partial charge on any atom is -0.497 e. The lowest BCUT2D eigenvalue weighted by Gasteiger charge is -2.11. The summed E-state index contributed by atoms with van der Waals surface area (Å²) in [6.45, 7) is 0.279. The van der Waals surface area contributed by atoms with Gasteiger partial charge >= 0.3 is 6.03 Å². The van der Waals surface area contributed by atoms with E-state index >= 15 is 0 Å². The Hall–Kier alpha value is -3.33. The van der Waals surface area contributed by atoms with Gasteiger partial charge in [0.15, 0.2) is 0 Å². The quantitative estimate of drug-likeness (QED) is 0.651. The molecule has 3 rings (SSSR count). The summed E-state index contributed by atoms with van der Waals surface area (Å²) in [5, 5.41) is 9.62. The Bertz CT molecular complexity index is 995. The Morgan fingerprint density at radius 3 is 2.71 bits per heavy atom. The third-order valence-corrected chi connectivity index (χ3v) is 4.12. The first-order chi connectivity index (χ1) is 13.5. The number of halogens is 2. The number of nitrogens with zero attached hydrogens (tertiary/aromatic N) is 3. The molecule has 1 aromatic heterocycles. The Balaban J connectivity index is 1.64. The SMILES string of the molecule is COc1ccc(NC(=O)Nc2ncn(Cc3ccc(F)cc3Cl)n2)c(OC)c1. The van der Waals surface area contributed by atoms with Crippen molar-refractivity contribution in [3.63, 3.8) is 0 Å². The molecule has 0 saturated heterocycles. The highest BCUT2D eigenvalue weighted by molar-refractivity contribution is 6.31. The van der Waals surface area contributed by atoms with Crippen molar-refractivity contribution >= 4 is 29.3 Å². The first-order valence-corrected chi connectivity index (χ1v) is 8.49. The molecule has 0 fully saturated rings. The molecular formula is C18H17ClFN5O3. The molecule has 8 nitrogen and oxygen atoms in total. The van der Waals surface area contributed by atoms with Gasteiger partial charge in [0.25, 0.3) is 0 Å². The van der Waals surface area contributed by atoms with Crippen LogP contribution in [-0.4, -0.2) is 35.0 Å². The molecular weight excluding hydrogens is 389 g/mol. The lowest BCUT2D eigenvalue weighted by Crippen LogP contribution is -2.20. The number of rotatable bonds is 6. The third-order valence-electron chi connectivity index (χ3n) is 3.77. The number of carbonyl (C=O) groups excluding carboxylic acids is 1. The molecule has 1 heterocycles. The van der Waals surface area contributed by atoms with E-state index in [1.54, 1.807) is 24.3 Å². The summed E-state index contributed by atoms with van der Waals surface area (Å²) in [5.41, 5.74) is 1.13. The summed E-state index contributed by atoms with van der Waals surface area (Å²) >= 11 is 6.01. The van der Waals surface area contributed by atoms with Crippen LogP contribution in [0.25, 0.3) is 0 Å². The smallest absolute Gasteiger partial charge is 0.326 e. The molecule has 0 aliphatic heterocycles. The third kappa shape index (κ3) is 4.68. The zero-order chi connectivity index (χ0) is 20.1. The Labute approximate surface area is 165 Å². The van der Waals surface area contributed by atoms with E-state index in [4.69, 9.17) is 21.1 Å². The van der Waals surface area contributed by atoms with Gasteiger partial charge in [0.1, 0.15) is 23.6 Å². The summed E-state index contributed by atoms with van der Waals surface area (Å²) in [6, 6.07) is 8.55. The fraction of sp³-hybridized carbons (Fsp3) is 0.167. The Morgan fingerprint density at radius 2 is 2.00 bits per heavy atom. The van der Waals surface area contributed by atoms with Crippen LogP contribution in [0.4, 0.5) is 20.8 Å². The highest BCUT2D eigenvalue weighted by Crippen LogP contribution is 2.29. The largest absolute Gasteiger partial charge is 0.497 e. The number of carbonyl (C=O) groups is 1. The Morgan fingerprint density at radius 1 is 1.18 bits per heavy atom. The normalized spacial score (nSPS) is 10.4. The van der Waals surface area contributed by atoms with Gasteiger partial charge in [0, 0.05) is 11.1 Å². The van der Waals surface area contributed by atoms with Crippen LogP contribution >= 0.6 is 11.6 Å². The molecule has 0 radical (unpaired) electrons. The Kier molecular flexibility index (Phi) is 5.95. The van der Waals surface area contributed by atoms with Gasteiger partial charge in [-0.2, -0.15) is 0 Å². The van der Waals surface area contributed by atoms with E-state index in [1.807, 2.05) is 0 Å². The number of ether oxygens (including phenoxy) is 2. The van der Waals surface area contributed by atoms with E-state index in [-0.39, 0.29) is 17.5 Å². The van der Waals surface area contributed by atoms with Crippen LogP contribution in [0.3, 0.4) is 0 Å². The number of hydrogen-bond donors (Lipinski definition) is 2. The zero-order valence-electron chi connectivity index (χ0n) is 15.1. The summed E-state index contributed by atoms with van der Waals surface area (Å²) in [7, 11) is 3.03. The highest BCUT2D eigenvalue weighted by Gasteiger charge is 2.11. The van der Waals surface area contributed by atoms with Crippen LogP contribution in [0.1, 0.15) is 5.56 Å². The van der Waals surface area contributed by atoms with Crippen molar-refractivity contribution in [3.05, 3.63) is 59.1 Å². The predicted molar refractivity (Wildman–Crippen MR) is 103 cm³/mol. The predicted octanol–water partition coefficient (Wildman–Crippen LogP) is 3.78. The van der Waals surface area contributed by atoms with E-state index in [0.717, 1.165) is 0 Å². The van der Waals surface area contributed by atoms with Gasteiger partial charge in [-0.3, -0.25) is 5.32 Å². The maximum absolute atomic E-state index is 13.1. The van der Waals surface area contributed by atoms with Crippen molar-refractivity contribution in [1.29, 1.82) is 0 Å². The summed E-state index contributed by atoms with van der Waals surface area (Å²) in [4.78, 5) is 16.2. The molecule has 2 aromatic carbocycles. The second-order valence-electron chi connectivity index (χ2n) is 5.65. The minimum atomic E-state index is -0.541. The van der Waals surface area contributed by atoms with Gasteiger partial charge in [-0.05, 0) is 29.8 Å². The van der Waals surface area contributed by atoms with E-state index < -0.39 is 11.8 Å². The molecule has 0 aliphatic carbocycles. The fourth-order valence-corrected chi connectivity index (χ4v) is 2.64. The monoisotopic (exact) mass is 405 g/mol. The van der Waals surface area contributed by atoms with Crippen molar-refractivity contribution in [1.82, 2.24) is 14.8 Å². The van der Waals surface area contributed by atoms with Crippen LogP contribution in [0.5, 0.6) is 11.5 Å². The van der Waals surface area contributed by atoms with Gasteiger partial charge in [-0.25, -0.2) is 18.9 Å². The molecule has 0 unspecified atom stereocenters. The van der Waals surface area contributed by atoms with Gasteiger partial charge in [0.2, 0.25) is 5.95 Å². The van der Waals surface area contributed by atoms with Crippen LogP contribution in [0, 0.1) is 5.82 Å². The number of nitrogens with one attached hydrogen (secondary N) is 2. The molecule has 0 aliphatic rings. The molecule has 0 saturated carbocycles. The van der Waals surface area contributed by atoms with Gasteiger partial charge in [-0.15, -0.1) is 5.10 Å². The maximum Gasteiger partial charge on any atom is 0.326 e.